The minimum atomic E-state index is -0.606. The summed E-state index contributed by atoms with van der Waals surface area (Å²) in [6, 6.07) is 11.0. The third kappa shape index (κ3) is 4.35. The second-order valence-corrected chi connectivity index (χ2v) is 7.09. The maximum absolute atomic E-state index is 12.1. The van der Waals surface area contributed by atoms with Crippen LogP contribution in [-0.2, 0) is 22.4 Å². The van der Waals surface area contributed by atoms with Crippen LogP contribution in [0.5, 0.6) is 0 Å². The zero-order valence-corrected chi connectivity index (χ0v) is 15.4. The molecule has 0 radical (unpaired) electrons. The van der Waals surface area contributed by atoms with Crippen molar-refractivity contribution in [2.24, 2.45) is 0 Å². The molecule has 3 rings (SSSR count). The molecule has 0 aromatic heterocycles. The van der Waals surface area contributed by atoms with E-state index < -0.39 is 5.97 Å². The zero-order valence-electron chi connectivity index (χ0n) is 13.8. The number of benzene rings is 2. The normalized spacial score (nSPS) is 12.6. The van der Waals surface area contributed by atoms with Gasteiger partial charge >= 0.3 is 5.97 Å². The van der Waals surface area contributed by atoms with Crippen molar-refractivity contribution in [3.05, 3.63) is 58.1 Å². The van der Waals surface area contributed by atoms with Crippen LogP contribution in [0.25, 0.3) is 0 Å². The van der Waals surface area contributed by atoms with Crippen LogP contribution in [0, 0.1) is 0 Å². The van der Waals surface area contributed by atoms with Gasteiger partial charge in [-0.1, -0.05) is 17.7 Å². The van der Waals surface area contributed by atoms with E-state index in [1.807, 2.05) is 30.5 Å². The van der Waals surface area contributed by atoms with Gasteiger partial charge in [0.25, 0.3) is 5.91 Å². The molecule has 0 bridgehead atoms. The fourth-order valence-corrected chi connectivity index (χ4v) is 3.48. The van der Waals surface area contributed by atoms with Crippen LogP contribution in [0.2, 0.25) is 5.02 Å². The van der Waals surface area contributed by atoms with Gasteiger partial charge in [0.05, 0.1) is 10.6 Å². The molecule has 1 aliphatic rings. The number of hydrogen-bond donors (Lipinski definition) is 1. The number of amides is 1. The van der Waals surface area contributed by atoms with Gasteiger partial charge in [-0.3, -0.25) is 4.79 Å². The SMILES string of the molecule is CSc1ccc(Cl)c(C(=O)OCC(=O)Nc2ccc3c(c2)CCC3)c1. The van der Waals surface area contributed by atoms with E-state index in [-0.39, 0.29) is 18.1 Å². The molecule has 4 nitrogen and oxygen atoms in total. The largest absolute Gasteiger partial charge is 0.452 e. The smallest absolute Gasteiger partial charge is 0.340 e. The minimum absolute atomic E-state index is 0.263. The monoisotopic (exact) mass is 375 g/mol. The molecule has 0 spiro atoms. The van der Waals surface area contributed by atoms with E-state index in [2.05, 4.69) is 5.32 Å². The highest BCUT2D eigenvalue weighted by Gasteiger charge is 2.16. The van der Waals surface area contributed by atoms with Gasteiger partial charge in [-0.15, -0.1) is 11.8 Å². The first-order valence-electron chi connectivity index (χ1n) is 7.99. The fraction of sp³-hybridized carbons (Fsp3) is 0.263. The molecule has 0 unspecified atom stereocenters. The Labute approximate surface area is 155 Å². The summed E-state index contributed by atoms with van der Waals surface area (Å²) in [5.41, 5.74) is 3.60. The number of carbonyl (C=O) groups is 2. The van der Waals surface area contributed by atoms with Crippen molar-refractivity contribution in [3.63, 3.8) is 0 Å². The zero-order chi connectivity index (χ0) is 17.8. The van der Waals surface area contributed by atoms with E-state index in [1.165, 1.54) is 22.9 Å². The van der Waals surface area contributed by atoms with Crippen molar-refractivity contribution in [2.45, 2.75) is 24.2 Å². The first-order valence-corrected chi connectivity index (χ1v) is 9.59. The first kappa shape index (κ1) is 17.8. The fourth-order valence-electron chi connectivity index (χ4n) is 2.84. The predicted molar refractivity (Wildman–Crippen MR) is 101 cm³/mol. The van der Waals surface area contributed by atoms with Crippen LogP contribution >= 0.6 is 23.4 Å². The number of carbonyl (C=O) groups excluding carboxylic acids is 2. The number of hydrogen-bond acceptors (Lipinski definition) is 4. The van der Waals surface area contributed by atoms with Gasteiger partial charge in [-0.2, -0.15) is 0 Å². The van der Waals surface area contributed by atoms with E-state index in [0.29, 0.717) is 5.02 Å². The maximum Gasteiger partial charge on any atom is 0.340 e. The summed E-state index contributed by atoms with van der Waals surface area (Å²) in [5.74, 6) is -0.978. The molecule has 2 aromatic carbocycles. The Bertz CT molecular complexity index is 822. The quantitative estimate of drug-likeness (QED) is 0.623. The molecular weight excluding hydrogens is 358 g/mol. The Kier molecular flexibility index (Phi) is 5.66. The summed E-state index contributed by atoms with van der Waals surface area (Å²) < 4.78 is 5.09. The molecule has 0 heterocycles. The summed E-state index contributed by atoms with van der Waals surface area (Å²) in [7, 11) is 0. The molecule has 0 atom stereocenters. The number of aryl methyl sites for hydroxylation is 2. The summed E-state index contributed by atoms with van der Waals surface area (Å²) in [4.78, 5) is 25.1. The van der Waals surface area contributed by atoms with Gasteiger partial charge in [0.15, 0.2) is 6.61 Å². The lowest BCUT2D eigenvalue weighted by Crippen LogP contribution is -2.21. The second-order valence-electron chi connectivity index (χ2n) is 5.81. The van der Waals surface area contributed by atoms with Gasteiger partial charge in [0.2, 0.25) is 0 Å². The number of halogens is 1. The minimum Gasteiger partial charge on any atom is -0.452 e. The van der Waals surface area contributed by atoms with Crippen LogP contribution in [0.15, 0.2) is 41.3 Å². The van der Waals surface area contributed by atoms with Crippen molar-refractivity contribution in [2.75, 3.05) is 18.2 Å². The van der Waals surface area contributed by atoms with Crippen LogP contribution < -0.4 is 5.32 Å². The van der Waals surface area contributed by atoms with E-state index in [0.717, 1.165) is 29.8 Å². The average molecular weight is 376 g/mol. The molecule has 130 valence electrons. The Balaban J connectivity index is 1.58. The Morgan fingerprint density at radius 1 is 1.16 bits per heavy atom. The number of thioether (sulfide) groups is 1. The number of anilines is 1. The molecule has 2 aromatic rings. The summed E-state index contributed by atoms with van der Waals surface area (Å²) in [5, 5.41) is 3.07. The van der Waals surface area contributed by atoms with Gasteiger partial charge < -0.3 is 10.1 Å². The van der Waals surface area contributed by atoms with Crippen molar-refractivity contribution in [1.29, 1.82) is 0 Å². The molecule has 25 heavy (non-hydrogen) atoms. The summed E-state index contributed by atoms with van der Waals surface area (Å²) in [6.07, 6.45) is 5.19. The van der Waals surface area contributed by atoms with Crippen LogP contribution in [0.1, 0.15) is 27.9 Å². The predicted octanol–water partition coefficient (Wildman–Crippen LogP) is 4.35. The van der Waals surface area contributed by atoms with Crippen LogP contribution in [-0.4, -0.2) is 24.7 Å². The van der Waals surface area contributed by atoms with Gasteiger partial charge in [-0.05, 0) is 67.0 Å². The number of fused-ring (bicyclic) bond motifs is 1. The number of rotatable bonds is 5. The molecule has 0 fully saturated rings. The number of ether oxygens (including phenoxy) is 1. The van der Waals surface area contributed by atoms with E-state index in [1.54, 1.807) is 12.1 Å². The van der Waals surface area contributed by atoms with Crippen molar-refractivity contribution >= 4 is 40.9 Å². The third-order valence-corrected chi connectivity index (χ3v) is 5.16. The van der Waals surface area contributed by atoms with Crippen LogP contribution in [0.4, 0.5) is 5.69 Å². The van der Waals surface area contributed by atoms with Crippen molar-refractivity contribution < 1.29 is 14.3 Å². The lowest BCUT2D eigenvalue weighted by Gasteiger charge is -2.09. The topological polar surface area (TPSA) is 55.4 Å². The molecule has 1 amide bonds. The molecule has 6 heteroatoms. The Morgan fingerprint density at radius 3 is 2.76 bits per heavy atom. The Morgan fingerprint density at radius 2 is 1.96 bits per heavy atom. The summed E-state index contributed by atoms with van der Waals surface area (Å²) >= 11 is 7.54. The molecular formula is C19H18ClNO3S. The average Bonchev–Trinajstić information content (AvgIpc) is 3.08. The van der Waals surface area contributed by atoms with Crippen LogP contribution in [0.3, 0.4) is 0 Å². The number of nitrogens with one attached hydrogen (secondary N) is 1. The van der Waals surface area contributed by atoms with E-state index in [9.17, 15) is 9.59 Å². The van der Waals surface area contributed by atoms with E-state index in [4.69, 9.17) is 16.3 Å². The highest BCUT2D eigenvalue weighted by atomic mass is 35.5. The lowest BCUT2D eigenvalue weighted by atomic mass is 10.1. The number of esters is 1. The lowest BCUT2D eigenvalue weighted by molar-refractivity contribution is -0.119. The highest BCUT2D eigenvalue weighted by Crippen LogP contribution is 2.25. The Hall–Kier alpha value is -1.98. The maximum atomic E-state index is 12.1. The molecule has 0 aliphatic heterocycles. The highest BCUT2D eigenvalue weighted by molar-refractivity contribution is 7.98. The standard InChI is InChI=1S/C19H18ClNO3S/c1-25-15-7-8-17(20)16(10-15)19(23)24-11-18(22)21-14-6-5-12-3-2-4-13(12)9-14/h5-10H,2-4,11H2,1H3,(H,21,22). The molecule has 0 saturated heterocycles. The summed E-state index contributed by atoms with van der Waals surface area (Å²) in [6.45, 7) is -0.351. The van der Waals surface area contributed by atoms with E-state index >= 15 is 0 Å². The van der Waals surface area contributed by atoms with Gasteiger partial charge in [0, 0.05) is 10.6 Å². The first-order chi connectivity index (χ1) is 12.1. The molecule has 1 aliphatic carbocycles. The molecule has 0 saturated carbocycles. The van der Waals surface area contributed by atoms with Gasteiger partial charge in [0.1, 0.15) is 0 Å². The molecule has 1 N–H and O–H groups in total. The van der Waals surface area contributed by atoms with Crippen molar-refractivity contribution in [3.8, 4) is 0 Å². The van der Waals surface area contributed by atoms with Crippen molar-refractivity contribution in [1.82, 2.24) is 0 Å². The second kappa shape index (κ2) is 7.93. The van der Waals surface area contributed by atoms with Gasteiger partial charge in [-0.25, -0.2) is 4.79 Å². The third-order valence-electron chi connectivity index (χ3n) is 4.11.